The highest BCUT2D eigenvalue weighted by Gasteiger charge is 2.32. The zero-order valence-corrected chi connectivity index (χ0v) is 16.2. The summed E-state index contributed by atoms with van der Waals surface area (Å²) in [6.45, 7) is 2.16. The zero-order valence-electron chi connectivity index (χ0n) is 16.2. The first kappa shape index (κ1) is 18.2. The number of fused-ring (bicyclic) bond motifs is 1. The number of hydrogen-bond acceptors (Lipinski definition) is 3. The summed E-state index contributed by atoms with van der Waals surface area (Å²) in [6, 6.07) is 15.6. The van der Waals surface area contributed by atoms with Gasteiger partial charge < -0.3 is 4.90 Å². The molecule has 27 heavy (non-hydrogen) atoms. The minimum atomic E-state index is 0.238. The Morgan fingerprint density at radius 1 is 1.15 bits per heavy atom. The van der Waals surface area contributed by atoms with Crippen molar-refractivity contribution in [3.8, 4) is 0 Å². The summed E-state index contributed by atoms with van der Waals surface area (Å²) in [5.74, 6) is 0.238. The molecule has 4 nitrogen and oxygen atoms in total. The van der Waals surface area contributed by atoms with Crippen LogP contribution in [-0.2, 0) is 24.1 Å². The number of piperidine rings is 1. The number of likely N-dealkylation sites (tertiary alicyclic amines) is 1. The number of aromatic nitrogens is 1. The number of carbonyl (C=O) groups is 1. The third kappa shape index (κ3) is 4.22. The normalized spacial score (nSPS) is 20.4. The number of pyridine rings is 1. The summed E-state index contributed by atoms with van der Waals surface area (Å²) in [4.78, 5) is 21.6. The molecule has 2 aromatic rings. The van der Waals surface area contributed by atoms with Crippen molar-refractivity contribution in [3.63, 3.8) is 0 Å². The molecule has 1 aliphatic heterocycles. The molecular weight excluding hydrogens is 334 g/mol. The summed E-state index contributed by atoms with van der Waals surface area (Å²) >= 11 is 0. The number of nitrogens with zero attached hydrogens (tertiary/aromatic N) is 3. The zero-order chi connectivity index (χ0) is 18.6. The standard InChI is InChI=1S/C23H29N3O/c1-25(23(27)12-11-20-9-4-5-13-24-20)21-10-6-14-26(17-21)22-15-18-7-2-3-8-19(18)16-22/h2-5,7-9,13,21-22H,6,10-12,14-17H2,1H3. The number of amides is 1. The van der Waals surface area contributed by atoms with Gasteiger partial charge in [0.1, 0.15) is 0 Å². The molecule has 1 aromatic heterocycles. The Morgan fingerprint density at radius 3 is 2.59 bits per heavy atom. The molecule has 142 valence electrons. The summed E-state index contributed by atoms with van der Waals surface area (Å²) in [6.07, 6.45) is 7.65. The highest BCUT2D eigenvalue weighted by Crippen LogP contribution is 2.28. The monoisotopic (exact) mass is 363 g/mol. The van der Waals surface area contributed by atoms with Crippen molar-refractivity contribution >= 4 is 5.91 Å². The van der Waals surface area contributed by atoms with Crippen molar-refractivity contribution < 1.29 is 4.79 Å². The first-order chi connectivity index (χ1) is 13.2. The van der Waals surface area contributed by atoms with Gasteiger partial charge in [0.05, 0.1) is 0 Å². The lowest BCUT2D eigenvalue weighted by Crippen LogP contribution is -2.51. The van der Waals surface area contributed by atoms with E-state index in [9.17, 15) is 4.79 Å². The van der Waals surface area contributed by atoms with Gasteiger partial charge in [0, 0.05) is 44.0 Å². The van der Waals surface area contributed by atoms with Crippen LogP contribution in [-0.4, -0.2) is 52.9 Å². The van der Waals surface area contributed by atoms with Crippen molar-refractivity contribution in [2.75, 3.05) is 20.1 Å². The molecule has 0 bridgehead atoms. The van der Waals surface area contributed by atoms with E-state index in [1.165, 1.54) is 17.5 Å². The van der Waals surface area contributed by atoms with E-state index in [2.05, 4.69) is 34.1 Å². The topological polar surface area (TPSA) is 36.4 Å². The van der Waals surface area contributed by atoms with E-state index in [1.54, 1.807) is 6.20 Å². The fraction of sp³-hybridized carbons (Fsp3) is 0.478. The number of rotatable bonds is 5. The van der Waals surface area contributed by atoms with Crippen LogP contribution in [0.25, 0.3) is 0 Å². The maximum atomic E-state index is 12.7. The first-order valence-electron chi connectivity index (χ1n) is 10.2. The Morgan fingerprint density at radius 2 is 1.89 bits per heavy atom. The molecule has 0 saturated carbocycles. The second-order valence-corrected chi connectivity index (χ2v) is 7.95. The molecule has 1 unspecified atom stereocenters. The number of likely N-dealkylation sites (N-methyl/N-ethyl adjacent to an activating group) is 1. The molecule has 1 fully saturated rings. The third-order valence-electron chi connectivity index (χ3n) is 6.24. The lowest BCUT2D eigenvalue weighted by Gasteiger charge is -2.40. The molecule has 1 amide bonds. The molecule has 0 radical (unpaired) electrons. The molecule has 2 heterocycles. The van der Waals surface area contributed by atoms with Crippen LogP contribution in [0.1, 0.15) is 36.1 Å². The minimum absolute atomic E-state index is 0.238. The molecule has 2 aliphatic rings. The second-order valence-electron chi connectivity index (χ2n) is 7.95. The molecule has 1 aromatic carbocycles. The molecule has 1 saturated heterocycles. The molecule has 1 aliphatic carbocycles. The predicted octanol–water partition coefficient (Wildman–Crippen LogP) is 3.10. The van der Waals surface area contributed by atoms with Crippen molar-refractivity contribution in [1.29, 1.82) is 0 Å². The maximum absolute atomic E-state index is 12.7. The van der Waals surface area contributed by atoms with E-state index in [4.69, 9.17) is 0 Å². The third-order valence-corrected chi connectivity index (χ3v) is 6.24. The Balaban J connectivity index is 1.32. The lowest BCUT2D eigenvalue weighted by atomic mass is 10.0. The summed E-state index contributed by atoms with van der Waals surface area (Å²) in [5, 5.41) is 0. The number of carbonyl (C=O) groups excluding carboxylic acids is 1. The molecule has 0 N–H and O–H groups in total. The van der Waals surface area contributed by atoms with Crippen molar-refractivity contribution in [2.24, 2.45) is 0 Å². The molecule has 4 rings (SSSR count). The Bertz CT molecular complexity index is 751. The van der Waals surface area contributed by atoms with E-state index >= 15 is 0 Å². The Hall–Kier alpha value is -2.20. The van der Waals surface area contributed by atoms with Crippen LogP contribution in [0, 0.1) is 0 Å². The fourth-order valence-electron chi connectivity index (χ4n) is 4.59. The van der Waals surface area contributed by atoms with Crippen LogP contribution in [0.4, 0.5) is 0 Å². The van der Waals surface area contributed by atoms with E-state index < -0.39 is 0 Å². The van der Waals surface area contributed by atoms with Crippen LogP contribution in [0.2, 0.25) is 0 Å². The predicted molar refractivity (Wildman–Crippen MR) is 108 cm³/mol. The van der Waals surface area contributed by atoms with Gasteiger partial charge in [-0.3, -0.25) is 14.7 Å². The van der Waals surface area contributed by atoms with Crippen LogP contribution in [0.3, 0.4) is 0 Å². The molecule has 0 spiro atoms. The van der Waals surface area contributed by atoms with Crippen molar-refractivity contribution in [2.45, 2.75) is 50.6 Å². The van der Waals surface area contributed by atoms with Crippen molar-refractivity contribution in [3.05, 3.63) is 65.5 Å². The Labute approximate surface area is 162 Å². The summed E-state index contributed by atoms with van der Waals surface area (Å²) in [7, 11) is 1.98. The second kappa shape index (κ2) is 8.22. The molecule has 1 atom stereocenters. The van der Waals surface area contributed by atoms with E-state index in [0.29, 0.717) is 18.5 Å². The molecular formula is C23H29N3O. The van der Waals surface area contributed by atoms with Crippen LogP contribution in [0.5, 0.6) is 0 Å². The van der Waals surface area contributed by atoms with Gasteiger partial charge in [0.2, 0.25) is 5.91 Å². The van der Waals surface area contributed by atoms with Gasteiger partial charge in [-0.25, -0.2) is 0 Å². The highest BCUT2D eigenvalue weighted by molar-refractivity contribution is 5.76. The molecule has 4 heteroatoms. The van der Waals surface area contributed by atoms with Gasteiger partial charge in [-0.1, -0.05) is 30.3 Å². The SMILES string of the molecule is CN(C(=O)CCc1ccccn1)C1CCCN(C2Cc3ccccc3C2)C1. The quantitative estimate of drug-likeness (QED) is 0.819. The average molecular weight is 364 g/mol. The maximum Gasteiger partial charge on any atom is 0.222 e. The van der Waals surface area contributed by atoms with E-state index in [0.717, 1.165) is 44.5 Å². The van der Waals surface area contributed by atoms with Crippen LogP contribution >= 0.6 is 0 Å². The van der Waals surface area contributed by atoms with Gasteiger partial charge >= 0.3 is 0 Å². The Kier molecular flexibility index (Phi) is 5.53. The highest BCUT2D eigenvalue weighted by atomic mass is 16.2. The van der Waals surface area contributed by atoms with E-state index in [-0.39, 0.29) is 5.91 Å². The average Bonchev–Trinajstić information content (AvgIpc) is 3.17. The van der Waals surface area contributed by atoms with Gasteiger partial charge in [-0.15, -0.1) is 0 Å². The van der Waals surface area contributed by atoms with Crippen LogP contribution in [0.15, 0.2) is 48.7 Å². The first-order valence-corrected chi connectivity index (χ1v) is 10.2. The minimum Gasteiger partial charge on any atom is -0.341 e. The smallest absolute Gasteiger partial charge is 0.222 e. The van der Waals surface area contributed by atoms with Gasteiger partial charge in [0.25, 0.3) is 0 Å². The van der Waals surface area contributed by atoms with Crippen molar-refractivity contribution in [1.82, 2.24) is 14.8 Å². The largest absolute Gasteiger partial charge is 0.341 e. The van der Waals surface area contributed by atoms with Gasteiger partial charge in [-0.2, -0.15) is 0 Å². The summed E-state index contributed by atoms with van der Waals surface area (Å²) in [5.41, 5.74) is 4.00. The fourth-order valence-corrected chi connectivity index (χ4v) is 4.59. The van der Waals surface area contributed by atoms with E-state index in [1.807, 2.05) is 30.1 Å². The van der Waals surface area contributed by atoms with Crippen LogP contribution < -0.4 is 0 Å². The number of hydrogen-bond donors (Lipinski definition) is 0. The summed E-state index contributed by atoms with van der Waals surface area (Å²) < 4.78 is 0. The number of benzene rings is 1. The lowest BCUT2D eigenvalue weighted by molar-refractivity contribution is -0.133. The number of aryl methyl sites for hydroxylation is 1. The van der Waals surface area contributed by atoms with Gasteiger partial charge in [0.15, 0.2) is 0 Å². The van der Waals surface area contributed by atoms with Gasteiger partial charge in [-0.05, 0) is 61.9 Å².